The fraction of sp³-hybridized carbons (Fsp3) is 0.375. The van der Waals surface area contributed by atoms with Crippen molar-refractivity contribution in [2.75, 3.05) is 10.6 Å². The largest absolute Gasteiger partial charge is 0.340 e. The van der Waals surface area contributed by atoms with Crippen LogP contribution in [-0.2, 0) is 0 Å². The van der Waals surface area contributed by atoms with Gasteiger partial charge in [0.05, 0.1) is 12.1 Å². The second-order valence-corrected chi connectivity index (χ2v) is 10.1. The molecule has 36 heavy (non-hydrogen) atoms. The smallest absolute Gasteiger partial charge is 0.133 e. The number of nitrogens with zero attached hydrogens (tertiary/aromatic N) is 2. The quantitative estimate of drug-likeness (QED) is 0.278. The first-order chi connectivity index (χ1) is 17.8. The molecule has 2 fully saturated rings. The van der Waals surface area contributed by atoms with Crippen molar-refractivity contribution < 1.29 is 0 Å². The van der Waals surface area contributed by atoms with Crippen LogP contribution in [0.2, 0.25) is 0 Å². The molecule has 0 heterocycles. The zero-order valence-electron chi connectivity index (χ0n) is 21.2. The number of nitrogens with one attached hydrogen (secondary N) is 2. The summed E-state index contributed by atoms with van der Waals surface area (Å²) in [5.41, 5.74) is 4.37. The van der Waals surface area contributed by atoms with Crippen molar-refractivity contribution in [3.8, 4) is 0 Å². The first-order valence-electron chi connectivity index (χ1n) is 13.7. The lowest BCUT2D eigenvalue weighted by atomic mass is 9.95. The number of hydrogen-bond acceptors (Lipinski definition) is 2. The maximum atomic E-state index is 5.20. The van der Waals surface area contributed by atoms with Gasteiger partial charge >= 0.3 is 0 Å². The van der Waals surface area contributed by atoms with Crippen LogP contribution in [0.5, 0.6) is 0 Å². The van der Waals surface area contributed by atoms with Gasteiger partial charge in [0.2, 0.25) is 0 Å². The van der Waals surface area contributed by atoms with Gasteiger partial charge in [-0.15, -0.1) is 0 Å². The number of aliphatic imine (C=N–C) groups is 2. The Labute approximate surface area is 216 Å². The van der Waals surface area contributed by atoms with E-state index in [0.29, 0.717) is 12.1 Å². The minimum atomic E-state index is 0.396. The Hall–Kier alpha value is -3.40. The standard InChI is InChI=1S/C32H38N4/c1-5-13-27(14-6-1)33-31(34-28-15-7-2-8-16-28)25-21-23-26(24-22-25)32(35-29-17-9-3-10-18-29)36-30-19-11-4-12-20-30/h1,3,5-6,9-10,13-14,17-18,21-24,28,30H,2,4,7-8,11-12,15-16,19-20H2,(H,33,34)(H,35,36). The third-order valence-corrected chi connectivity index (χ3v) is 7.28. The van der Waals surface area contributed by atoms with E-state index in [1.54, 1.807) is 0 Å². The molecule has 0 aliphatic heterocycles. The van der Waals surface area contributed by atoms with E-state index in [1.165, 1.54) is 64.2 Å². The number of anilines is 2. The van der Waals surface area contributed by atoms with Gasteiger partial charge in [0.1, 0.15) is 11.7 Å². The molecule has 4 heteroatoms. The first kappa shape index (κ1) is 24.3. The third kappa shape index (κ3) is 6.84. The highest BCUT2D eigenvalue weighted by molar-refractivity contribution is 6.11. The van der Waals surface area contributed by atoms with E-state index < -0.39 is 0 Å². The summed E-state index contributed by atoms with van der Waals surface area (Å²) in [5, 5.41) is 7.20. The van der Waals surface area contributed by atoms with E-state index in [9.17, 15) is 0 Å². The van der Waals surface area contributed by atoms with Crippen LogP contribution in [0.3, 0.4) is 0 Å². The first-order valence-corrected chi connectivity index (χ1v) is 13.7. The number of hydrogen-bond donors (Lipinski definition) is 2. The monoisotopic (exact) mass is 478 g/mol. The van der Waals surface area contributed by atoms with Crippen LogP contribution in [0.4, 0.5) is 11.4 Å². The second-order valence-electron chi connectivity index (χ2n) is 10.1. The lowest BCUT2D eigenvalue weighted by Crippen LogP contribution is -2.21. The molecule has 2 aliphatic rings. The van der Waals surface area contributed by atoms with Crippen LogP contribution in [0.15, 0.2) is 94.9 Å². The van der Waals surface area contributed by atoms with Crippen molar-refractivity contribution in [2.45, 2.75) is 76.3 Å². The molecule has 2 N–H and O–H groups in total. The highest BCUT2D eigenvalue weighted by atomic mass is 15.0. The van der Waals surface area contributed by atoms with E-state index >= 15 is 0 Å². The molecule has 0 spiro atoms. The fourth-order valence-corrected chi connectivity index (χ4v) is 5.25. The highest BCUT2D eigenvalue weighted by Gasteiger charge is 2.17. The Balaban J connectivity index is 1.42. The van der Waals surface area contributed by atoms with Crippen LogP contribution in [-0.4, -0.2) is 23.8 Å². The molecule has 2 saturated carbocycles. The van der Waals surface area contributed by atoms with Crippen LogP contribution in [0, 0.1) is 0 Å². The summed E-state index contributed by atoms with van der Waals surface area (Å²) < 4.78 is 0. The van der Waals surface area contributed by atoms with Crippen molar-refractivity contribution >= 4 is 23.0 Å². The number of para-hydroxylation sites is 2. The van der Waals surface area contributed by atoms with Crippen LogP contribution < -0.4 is 10.6 Å². The van der Waals surface area contributed by atoms with E-state index in [-0.39, 0.29) is 0 Å². The average molecular weight is 479 g/mol. The van der Waals surface area contributed by atoms with Gasteiger partial charge in [-0.05, 0) is 49.9 Å². The van der Waals surface area contributed by atoms with Gasteiger partial charge in [0.25, 0.3) is 0 Å². The maximum Gasteiger partial charge on any atom is 0.133 e. The summed E-state index contributed by atoms with van der Waals surface area (Å²) in [6, 6.07) is 30.3. The SMILES string of the molecule is c1ccc(NC(=NC2CCCCC2)c2ccc(C(=NC3CCCCC3)Nc3ccccc3)cc2)cc1. The summed E-state index contributed by atoms with van der Waals surface area (Å²) in [7, 11) is 0. The topological polar surface area (TPSA) is 48.8 Å². The summed E-state index contributed by atoms with van der Waals surface area (Å²) in [6.45, 7) is 0. The van der Waals surface area contributed by atoms with Gasteiger partial charge < -0.3 is 10.6 Å². The number of benzene rings is 3. The van der Waals surface area contributed by atoms with Gasteiger partial charge in [-0.2, -0.15) is 0 Å². The molecule has 0 atom stereocenters. The molecule has 4 nitrogen and oxygen atoms in total. The molecule has 3 aromatic carbocycles. The lowest BCUT2D eigenvalue weighted by Gasteiger charge is -2.21. The Bertz CT molecular complexity index is 1030. The van der Waals surface area contributed by atoms with E-state index in [2.05, 4.69) is 83.4 Å². The maximum absolute atomic E-state index is 5.20. The van der Waals surface area contributed by atoms with Gasteiger partial charge in [-0.3, -0.25) is 9.98 Å². The summed E-state index contributed by atoms with van der Waals surface area (Å²) in [4.78, 5) is 10.4. The molecule has 0 aromatic heterocycles. The molecule has 3 aromatic rings. The predicted molar refractivity (Wildman–Crippen MR) is 153 cm³/mol. The van der Waals surface area contributed by atoms with Gasteiger partial charge in [0, 0.05) is 22.5 Å². The molecule has 0 amide bonds. The molecule has 0 bridgehead atoms. The predicted octanol–water partition coefficient (Wildman–Crippen LogP) is 8.07. The van der Waals surface area contributed by atoms with Crippen molar-refractivity contribution in [3.63, 3.8) is 0 Å². The zero-order valence-corrected chi connectivity index (χ0v) is 21.2. The summed E-state index contributed by atoms with van der Waals surface area (Å²) >= 11 is 0. The summed E-state index contributed by atoms with van der Waals surface area (Å²) in [5.74, 6) is 1.92. The molecule has 0 radical (unpaired) electrons. The summed E-state index contributed by atoms with van der Waals surface area (Å²) in [6.07, 6.45) is 12.5. The van der Waals surface area contributed by atoms with Crippen molar-refractivity contribution in [3.05, 3.63) is 96.1 Å². The molecular weight excluding hydrogens is 440 g/mol. The van der Waals surface area contributed by atoms with E-state index in [4.69, 9.17) is 9.98 Å². The van der Waals surface area contributed by atoms with E-state index in [1.807, 2.05) is 12.1 Å². The second kappa shape index (κ2) is 12.5. The normalized spacial score (nSPS) is 18.1. The van der Waals surface area contributed by atoms with Gasteiger partial charge in [-0.1, -0.05) is 99.2 Å². The highest BCUT2D eigenvalue weighted by Crippen LogP contribution is 2.24. The van der Waals surface area contributed by atoms with Crippen LogP contribution >= 0.6 is 0 Å². The fourth-order valence-electron chi connectivity index (χ4n) is 5.25. The number of amidine groups is 2. The Morgan fingerprint density at radius 2 is 0.833 bits per heavy atom. The minimum absolute atomic E-state index is 0.396. The van der Waals surface area contributed by atoms with Gasteiger partial charge in [0.15, 0.2) is 0 Å². The molecular formula is C32H38N4. The molecule has 0 saturated heterocycles. The molecule has 5 rings (SSSR count). The van der Waals surface area contributed by atoms with Crippen molar-refractivity contribution in [2.24, 2.45) is 9.98 Å². The van der Waals surface area contributed by atoms with Crippen LogP contribution in [0.25, 0.3) is 0 Å². The van der Waals surface area contributed by atoms with Crippen molar-refractivity contribution in [1.29, 1.82) is 0 Å². The van der Waals surface area contributed by atoms with Gasteiger partial charge in [-0.25, -0.2) is 0 Å². The zero-order chi connectivity index (χ0) is 24.4. The average Bonchev–Trinajstić information content (AvgIpc) is 2.95. The third-order valence-electron chi connectivity index (χ3n) is 7.28. The Morgan fingerprint density at radius 1 is 0.472 bits per heavy atom. The molecule has 2 aliphatic carbocycles. The molecule has 0 unspecified atom stereocenters. The van der Waals surface area contributed by atoms with Crippen LogP contribution in [0.1, 0.15) is 75.3 Å². The number of rotatable bonds is 6. The van der Waals surface area contributed by atoms with E-state index in [0.717, 1.165) is 34.2 Å². The minimum Gasteiger partial charge on any atom is -0.340 e. The van der Waals surface area contributed by atoms with Crippen molar-refractivity contribution in [1.82, 2.24) is 0 Å². The molecule has 186 valence electrons. The Kier molecular flexibility index (Phi) is 8.46. The Morgan fingerprint density at radius 3 is 1.19 bits per heavy atom. The lowest BCUT2D eigenvalue weighted by molar-refractivity contribution is 0.443.